The molecule has 1 unspecified atom stereocenters. The quantitative estimate of drug-likeness (QED) is 0.697. The van der Waals surface area contributed by atoms with Crippen molar-refractivity contribution < 1.29 is 14.6 Å². The van der Waals surface area contributed by atoms with Gasteiger partial charge in [-0.05, 0) is 18.2 Å². The van der Waals surface area contributed by atoms with Crippen molar-refractivity contribution in [3.8, 4) is 11.5 Å². The van der Waals surface area contributed by atoms with E-state index >= 15 is 0 Å². The fraction of sp³-hybridized carbons (Fsp3) is 0.286. The zero-order valence-corrected chi connectivity index (χ0v) is 13.0. The first-order chi connectivity index (χ1) is 10.5. The molecule has 8 heteroatoms. The molecule has 2 aromatic rings. The van der Waals surface area contributed by atoms with Crippen molar-refractivity contribution in [3.63, 3.8) is 0 Å². The summed E-state index contributed by atoms with van der Waals surface area (Å²) in [6, 6.07) is 6.73. The summed E-state index contributed by atoms with van der Waals surface area (Å²) in [5, 5.41) is 13.5. The Kier molecular flexibility index (Phi) is 5.24. The van der Waals surface area contributed by atoms with Gasteiger partial charge in [-0.2, -0.15) is 4.98 Å². The molecule has 0 amide bonds. The van der Waals surface area contributed by atoms with Gasteiger partial charge in [-0.1, -0.05) is 11.6 Å². The second-order valence-electron chi connectivity index (χ2n) is 4.44. The molecule has 4 N–H and O–H groups in total. The maximum absolute atomic E-state index is 10.3. The number of aromatic nitrogens is 2. The molecule has 1 heterocycles. The number of nitrogens with one attached hydrogen (secondary N) is 1. The van der Waals surface area contributed by atoms with E-state index in [1.807, 2.05) is 0 Å². The Labute approximate surface area is 133 Å². The van der Waals surface area contributed by atoms with E-state index < -0.39 is 6.10 Å². The van der Waals surface area contributed by atoms with E-state index in [0.717, 1.165) is 0 Å². The number of nitrogens with two attached hydrogens (primary N) is 1. The van der Waals surface area contributed by atoms with Gasteiger partial charge in [-0.15, -0.1) is 0 Å². The first kappa shape index (κ1) is 16.1. The zero-order valence-electron chi connectivity index (χ0n) is 12.2. The average molecular weight is 325 g/mol. The predicted octanol–water partition coefficient (Wildman–Crippen LogP) is 1.87. The van der Waals surface area contributed by atoms with E-state index in [4.69, 9.17) is 26.8 Å². The van der Waals surface area contributed by atoms with Crippen LogP contribution >= 0.6 is 11.6 Å². The second-order valence-corrected chi connectivity index (χ2v) is 4.83. The zero-order chi connectivity index (χ0) is 16.1. The van der Waals surface area contributed by atoms with E-state index in [1.54, 1.807) is 25.3 Å². The predicted molar refractivity (Wildman–Crippen MR) is 84.4 cm³/mol. The van der Waals surface area contributed by atoms with Crippen LogP contribution in [0, 0.1) is 0 Å². The molecule has 0 aliphatic carbocycles. The highest BCUT2D eigenvalue weighted by molar-refractivity contribution is 6.29. The van der Waals surface area contributed by atoms with Crippen LogP contribution in [0.2, 0.25) is 5.15 Å². The van der Waals surface area contributed by atoms with Gasteiger partial charge in [-0.25, -0.2) is 4.98 Å². The van der Waals surface area contributed by atoms with Crippen molar-refractivity contribution in [1.82, 2.24) is 9.97 Å². The lowest BCUT2D eigenvalue weighted by molar-refractivity contribution is 0.186. The van der Waals surface area contributed by atoms with Gasteiger partial charge in [-0.3, -0.25) is 0 Å². The molecule has 0 bridgehead atoms. The molecule has 2 rings (SSSR count). The Bertz CT molecular complexity index is 634. The molecule has 0 aliphatic heterocycles. The van der Waals surface area contributed by atoms with E-state index in [9.17, 15) is 5.11 Å². The van der Waals surface area contributed by atoms with Gasteiger partial charge in [0.05, 0.1) is 20.3 Å². The van der Waals surface area contributed by atoms with Gasteiger partial charge in [0.25, 0.3) is 0 Å². The second kappa shape index (κ2) is 7.15. The Balaban J connectivity index is 2.13. The number of methoxy groups -OCH3 is 2. The van der Waals surface area contributed by atoms with Gasteiger partial charge >= 0.3 is 0 Å². The molecule has 1 aromatic carbocycles. The molecule has 0 fully saturated rings. The number of hydrogen-bond acceptors (Lipinski definition) is 7. The van der Waals surface area contributed by atoms with Gasteiger partial charge in [0, 0.05) is 18.2 Å². The van der Waals surface area contributed by atoms with Crippen LogP contribution in [0.4, 0.5) is 11.8 Å². The third-order valence-corrected chi connectivity index (χ3v) is 3.18. The van der Waals surface area contributed by atoms with E-state index in [1.165, 1.54) is 13.2 Å². The third-order valence-electron chi connectivity index (χ3n) is 2.98. The molecule has 118 valence electrons. The van der Waals surface area contributed by atoms with Crippen LogP contribution in [-0.2, 0) is 0 Å². The van der Waals surface area contributed by atoms with Gasteiger partial charge < -0.3 is 25.6 Å². The lowest BCUT2D eigenvalue weighted by Gasteiger charge is -2.17. The van der Waals surface area contributed by atoms with Crippen LogP contribution in [0.15, 0.2) is 24.3 Å². The molecule has 7 nitrogen and oxygen atoms in total. The summed E-state index contributed by atoms with van der Waals surface area (Å²) in [6.07, 6.45) is -0.833. The Morgan fingerprint density at radius 1 is 1.27 bits per heavy atom. The Hall–Kier alpha value is -2.25. The number of rotatable bonds is 6. The summed E-state index contributed by atoms with van der Waals surface area (Å²) in [6.45, 7) is 0.191. The number of ether oxygens (including phenoxy) is 2. The third kappa shape index (κ3) is 3.90. The maximum Gasteiger partial charge on any atom is 0.223 e. The maximum atomic E-state index is 10.3. The van der Waals surface area contributed by atoms with Gasteiger partial charge in [0.2, 0.25) is 5.95 Å². The molecule has 22 heavy (non-hydrogen) atoms. The van der Waals surface area contributed by atoms with Crippen LogP contribution in [0.1, 0.15) is 11.7 Å². The van der Waals surface area contributed by atoms with Gasteiger partial charge in [0.1, 0.15) is 22.5 Å². The average Bonchev–Trinajstić information content (AvgIpc) is 2.51. The number of halogens is 1. The summed E-state index contributed by atoms with van der Waals surface area (Å²) in [5.41, 5.74) is 6.11. The largest absolute Gasteiger partial charge is 0.497 e. The molecule has 1 atom stereocenters. The number of hydrogen-bond donors (Lipinski definition) is 3. The normalized spacial score (nSPS) is 11.8. The summed E-state index contributed by atoms with van der Waals surface area (Å²) >= 11 is 5.80. The summed E-state index contributed by atoms with van der Waals surface area (Å²) in [5.74, 6) is 1.68. The van der Waals surface area contributed by atoms with Crippen molar-refractivity contribution in [2.45, 2.75) is 6.10 Å². The minimum Gasteiger partial charge on any atom is -0.497 e. The van der Waals surface area contributed by atoms with Crippen molar-refractivity contribution in [3.05, 3.63) is 35.0 Å². The molecule has 0 aliphatic rings. The number of aliphatic hydroxyl groups excluding tert-OH is 1. The highest BCUT2D eigenvalue weighted by Gasteiger charge is 2.15. The number of anilines is 2. The molecule has 0 saturated heterocycles. The van der Waals surface area contributed by atoms with Gasteiger partial charge in [0.15, 0.2) is 0 Å². The van der Waals surface area contributed by atoms with Crippen LogP contribution in [-0.4, -0.2) is 35.8 Å². The molecule has 0 saturated carbocycles. The topological polar surface area (TPSA) is 103 Å². The van der Waals surface area contributed by atoms with Crippen LogP contribution in [0.5, 0.6) is 11.5 Å². The molecule has 1 aromatic heterocycles. The first-order valence-corrected chi connectivity index (χ1v) is 6.85. The highest BCUT2D eigenvalue weighted by atomic mass is 35.5. The first-order valence-electron chi connectivity index (χ1n) is 6.47. The SMILES string of the molecule is COc1ccc(OC)c(C(O)CNc2cc(Cl)nc(N)n2)c1. The number of aliphatic hydroxyl groups is 1. The van der Waals surface area contributed by atoms with Crippen LogP contribution in [0.3, 0.4) is 0 Å². The van der Waals surface area contributed by atoms with Crippen molar-refractivity contribution in [2.75, 3.05) is 31.8 Å². The minimum absolute atomic E-state index is 0.0588. The fourth-order valence-electron chi connectivity index (χ4n) is 1.94. The Morgan fingerprint density at radius 3 is 2.68 bits per heavy atom. The molecule has 0 radical (unpaired) electrons. The van der Waals surface area contributed by atoms with Crippen molar-refractivity contribution in [1.29, 1.82) is 0 Å². The number of nitrogens with zero attached hydrogens (tertiary/aromatic N) is 2. The smallest absolute Gasteiger partial charge is 0.223 e. The summed E-state index contributed by atoms with van der Waals surface area (Å²) in [7, 11) is 3.10. The highest BCUT2D eigenvalue weighted by Crippen LogP contribution is 2.29. The van der Waals surface area contributed by atoms with Crippen molar-refractivity contribution >= 4 is 23.4 Å². The number of benzene rings is 1. The molecular weight excluding hydrogens is 308 g/mol. The standard InChI is InChI=1S/C14H17ClN4O3/c1-21-8-3-4-11(22-2)9(5-8)10(20)7-17-13-6-12(15)18-14(16)19-13/h3-6,10,20H,7H2,1-2H3,(H3,16,17,18,19). The van der Waals surface area contributed by atoms with E-state index in [-0.39, 0.29) is 17.6 Å². The van der Waals surface area contributed by atoms with Crippen molar-refractivity contribution in [2.24, 2.45) is 0 Å². The molecule has 0 spiro atoms. The van der Waals surface area contributed by atoms with Crippen LogP contribution < -0.4 is 20.5 Å². The summed E-state index contributed by atoms with van der Waals surface area (Å²) in [4.78, 5) is 7.74. The molecular formula is C14H17ClN4O3. The Morgan fingerprint density at radius 2 is 2.05 bits per heavy atom. The number of nitrogen functional groups attached to an aromatic ring is 1. The lowest BCUT2D eigenvalue weighted by atomic mass is 10.1. The van der Waals surface area contributed by atoms with E-state index in [0.29, 0.717) is 22.9 Å². The monoisotopic (exact) mass is 324 g/mol. The van der Waals surface area contributed by atoms with Crippen LogP contribution in [0.25, 0.3) is 0 Å². The van der Waals surface area contributed by atoms with E-state index in [2.05, 4.69) is 15.3 Å². The fourth-order valence-corrected chi connectivity index (χ4v) is 2.13. The minimum atomic E-state index is -0.833. The summed E-state index contributed by atoms with van der Waals surface area (Å²) < 4.78 is 10.4. The lowest BCUT2D eigenvalue weighted by Crippen LogP contribution is -2.14.